The molecule has 0 bridgehead atoms. The second-order valence-electron chi connectivity index (χ2n) is 3.40. The fourth-order valence-electron chi connectivity index (χ4n) is 1.53. The van der Waals surface area contributed by atoms with Gasteiger partial charge in [0.25, 0.3) is 6.02 Å². The molecule has 1 saturated heterocycles. The van der Waals surface area contributed by atoms with Crippen molar-refractivity contribution in [2.45, 2.75) is 25.9 Å². The lowest BCUT2D eigenvalue weighted by Gasteiger charge is -2.33. The first-order chi connectivity index (χ1) is 6.09. The van der Waals surface area contributed by atoms with E-state index >= 15 is 0 Å². The first-order valence-corrected chi connectivity index (χ1v) is 4.50. The van der Waals surface area contributed by atoms with Gasteiger partial charge in [-0.3, -0.25) is 5.41 Å². The van der Waals surface area contributed by atoms with E-state index in [9.17, 15) is 0 Å². The topological polar surface area (TPSA) is 62.3 Å². The molecule has 1 fully saturated rings. The molecule has 74 valence electrons. The van der Waals surface area contributed by atoms with Gasteiger partial charge in [-0.1, -0.05) is 6.58 Å². The van der Waals surface area contributed by atoms with Gasteiger partial charge in [-0.05, 0) is 6.92 Å². The van der Waals surface area contributed by atoms with Gasteiger partial charge < -0.3 is 15.4 Å². The van der Waals surface area contributed by atoms with Crippen molar-refractivity contribution in [3.63, 3.8) is 0 Å². The molecule has 1 rings (SSSR count). The third-order valence-corrected chi connectivity index (χ3v) is 2.28. The molecule has 0 amide bonds. The van der Waals surface area contributed by atoms with E-state index in [4.69, 9.17) is 15.9 Å². The van der Waals surface area contributed by atoms with Crippen LogP contribution in [0.3, 0.4) is 0 Å². The molecule has 0 aromatic heterocycles. The number of nitrogens with zero attached hydrogens (tertiary/aromatic N) is 1. The summed E-state index contributed by atoms with van der Waals surface area (Å²) in [6, 6.07) is -0.172. The molecule has 13 heavy (non-hydrogen) atoms. The van der Waals surface area contributed by atoms with E-state index < -0.39 is 0 Å². The van der Waals surface area contributed by atoms with Gasteiger partial charge in [-0.15, -0.1) is 0 Å². The molecule has 0 aliphatic carbocycles. The minimum atomic E-state index is -0.172. The summed E-state index contributed by atoms with van der Waals surface area (Å²) in [5, 5.41) is 6.99. The lowest BCUT2D eigenvalue weighted by molar-refractivity contribution is 0.105. The molecule has 1 heterocycles. The minimum Gasteiger partial charge on any atom is -0.462 e. The van der Waals surface area contributed by atoms with E-state index in [1.54, 1.807) is 0 Å². The van der Waals surface area contributed by atoms with E-state index in [0.717, 1.165) is 31.6 Å². The van der Waals surface area contributed by atoms with Gasteiger partial charge >= 0.3 is 0 Å². The second kappa shape index (κ2) is 4.16. The zero-order chi connectivity index (χ0) is 9.84. The minimum absolute atomic E-state index is 0.119. The fraction of sp³-hybridized carbons (Fsp3) is 0.667. The zero-order valence-electron chi connectivity index (χ0n) is 8.05. The van der Waals surface area contributed by atoms with Gasteiger partial charge in [0.05, 0.1) is 0 Å². The fourth-order valence-corrected chi connectivity index (χ4v) is 1.53. The largest absolute Gasteiger partial charge is 0.462 e. The normalized spacial score (nSPS) is 18.4. The average Bonchev–Trinajstić information content (AvgIpc) is 2.04. The molecule has 0 aromatic carbocycles. The third-order valence-electron chi connectivity index (χ3n) is 2.28. The van der Waals surface area contributed by atoms with Crippen molar-refractivity contribution in [2.24, 2.45) is 5.73 Å². The molecule has 4 heteroatoms. The van der Waals surface area contributed by atoms with Crippen LogP contribution in [0.25, 0.3) is 0 Å². The zero-order valence-corrected chi connectivity index (χ0v) is 8.05. The Kier molecular flexibility index (Phi) is 3.17. The molecule has 0 radical (unpaired) electrons. The van der Waals surface area contributed by atoms with Gasteiger partial charge in [-0.25, -0.2) is 0 Å². The quantitative estimate of drug-likeness (QED) is 0.494. The SMILES string of the molecule is C=C(C)N1CCC(OC(=N)N)CC1. The van der Waals surface area contributed by atoms with Gasteiger partial charge in [0.2, 0.25) is 0 Å². The number of allylic oxidation sites excluding steroid dienone is 1. The Balaban J connectivity index is 2.30. The van der Waals surface area contributed by atoms with Crippen molar-refractivity contribution in [2.75, 3.05) is 13.1 Å². The summed E-state index contributed by atoms with van der Waals surface area (Å²) in [6.45, 7) is 7.79. The highest BCUT2D eigenvalue weighted by Gasteiger charge is 2.19. The maximum atomic E-state index is 6.99. The second-order valence-corrected chi connectivity index (χ2v) is 3.40. The molecule has 0 spiro atoms. The van der Waals surface area contributed by atoms with Crippen LogP contribution in [0.4, 0.5) is 0 Å². The lowest BCUT2D eigenvalue weighted by atomic mass is 10.1. The number of hydrogen-bond acceptors (Lipinski definition) is 3. The number of ether oxygens (including phenoxy) is 1. The van der Waals surface area contributed by atoms with Gasteiger partial charge in [0.1, 0.15) is 6.10 Å². The van der Waals surface area contributed by atoms with Crippen LogP contribution in [0.2, 0.25) is 0 Å². The smallest absolute Gasteiger partial charge is 0.279 e. The summed E-state index contributed by atoms with van der Waals surface area (Å²) in [5.74, 6) is 0. The molecule has 0 aromatic rings. The molecule has 3 N–H and O–H groups in total. The maximum absolute atomic E-state index is 6.99. The van der Waals surface area contributed by atoms with Crippen LogP contribution >= 0.6 is 0 Å². The molecule has 1 aliphatic heterocycles. The van der Waals surface area contributed by atoms with Crippen molar-refractivity contribution in [1.82, 2.24) is 4.90 Å². The van der Waals surface area contributed by atoms with E-state index in [1.807, 2.05) is 6.92 Å². The van der Waals surface area contributed by atoms with Crippen LogP contribution in [-0.4, -0.2) is 30.1 Å². The predicted octanol–water partition coefficient (Wildman–Crippen LogP) is 0.894. The number of amidine groups is 1. The molecule has 4 nitrogen and oxygen atoms in total. The molecule has 1 aliphatic rings. The lowest BCUT2D eigenvalue weighted by Crippen LogP contribution is -2.37. The number of hydrogen-bond donors (Lipinski definition) is 2. The molecular formula is C9H17N3O. The highest BCUT2D eigenvalue weighted by molar-refractivity contribution is 5.67. The van der Waals surface area contributed by atoms with Crippen molar-refractivity contribution >= 4 is 6.02 Å². The molecular weight excluding hydrogens is 166 g/mol. The molecule has 0 unspecified atom stereocenters. The average molecular weight is 183 g/mol. The van der Waals surface area contributed by atoms with E-state index in [0.29, 0.717) is 0 Å². The van der Waals surface area contributed by atoms with Crippen LogP contribution in [0.5, 0.6) is 0 Å². The Hall–Kier alpha value is -1.19. The number of nitrogens with two attached hydrogens (primary N) is 1. The van der Waals surface area contributed by atoms with Crippen LogP contribution in [-0.2, 0) is 4.74 Å². The van der Waals surface area contributed by atoms with E-state index in [2.05, 4.69) is 11.5 Å². The predicted molar refractivity (Wildman–Crippen MR) is 52.4 cm³/mol. The molecule has 0 saturated carbocycles. The maximum Gasteiger partial charge on any atom is 0.279 e. The third kappa shape index (κ3) is 2.97. The van der Waals surface area contributed by atoms with Crippen LogP contribution in [0, 0.1) is 5.41 Å². The summed E-state index contributed by atoms with van der Waals surface area (Å²) in [5.41, 5.74) is 6.25. The Labute approximate surface area is 78.9 Å². The van der Waals surface area contributed by atoms with E-state index in [1.165, 1.54) is 0 Å². The summed E-state index contributed by atoms with van der Waals surface area (Å²) in [4.78, 5) is 2.22. The van der Waals surface area contributed by atoms with Crippen molar-refractivity contribution in [3.05, 3.63) is 12.3 Å². The standard InChI is InChI=1S/C9H17N3O/c1-7(2)12-5-3-8(4-6-12)13-9(10)11/h8H,1,3-6H2,2H3,(H3,10,11). The van der Waals surface area contributed by atoms with Gasteiger partial charge in [0, 0.05) is 31.6 Å². The Morgan fingerprint density at radius 2 is 2.08 bits per heavy atom. The monoisotopic (exact) mass is 183 g/mol. The molecule has 0 atom stereocenters. The van der Waals surface area contributed by atoms with Crippen LogP contribution in [0.1, 0.15) is 19.8 Å². The number of rotatable bonds is 2. The number of likely N-dealkylation sites (tertiary alicyclic amines) is 1. The van der Waals surface area contributed by atoms with E-state index in [-0.39, 0.29) is 12.1 Å². The van der Waals surface area contributed by atoms with Crippen molar-refractivity contribution in [3.8, 4) is 0 Å². The summed E-state index contributed by atoms with van der Waals surface area (Å²) < 4.78 is 5.12. The highest BCUT2D eigenvalue weighted by atomic mass is 16.5. The number of nitrogens with one attached hydrogen (secondary N) is 1. The summed E-state index contributed by atoms with van der Waals surface area (Å²) >= 11 is 0. The Bertz CT molecular complexity index is 207. The van der Waals surface area contributed by atoms with Gasteiger partial charge in [-0.2, -0.15) is 0 Å². The van der Waals surface area contributed by atoms with Crippen molar-refractivity contribution in [1.29, 1.82) is 5.41 Å². The summed E-state index contributed by atoms with van der Waals surface area (Å²) in [7, 11) is 0. The first kappa shape index (κ1) is 9.89. The van der Waals surface area contributed by atoms with Gasteiger partial charge in [0.15, 0.2) is 0 Å². The highest BCUT2D eigenvalue weighted by Crippen LogP contribution is 2.16. The Morgan fingerprint density at radius 3 is 2.46 bits per heavy atom. The Morgan fingerprint density at radius 1 is 1.54 bits per heavy atom. The van der Waals surface area contributed by atoms with Crippen LogP contribution in [0.15, 0.2) is 12.3 Å². The number of piperidine rings is 1. The summed E-state index contributed by atoms with van der Waals surface area (Å²) in [6.07, 6.45) is 1.96. The van der Waals surface area contributed by atoms with Crippen LogP contribution < -0.4 is 5.73 Å². The first-order valence-electron chi connectivity index (χ1n) is 4.50. The van der Waals surface area contributed by atoms with Crippen molar-refractivity contribution < 1.29 is 4.74 Å².